The van der Waals surface area contributed by atoms with Crippen molar-refractivity contribution in [3.8, 4) is 5.75 Å². The summed E-state index contributed by atoms with van der Waals surface area (Å²) in [5, 5.41) is 2.18. The smallest absolute Gasteiger partial charge is 0.451 e. The highest BCUT2D eigenvalue weighted by atomic mass is 79.9. The molecule has 0 bridgehead atoms. The van der Waals surface area contributed by atoms with Gasteiger partial charge in [-0.1, -0.05) is 28.1 Å². The number of anilines is 1. The number of ketones is 1. The average Bonchev–Trinajstić information content (AvgIpc) is 2.36. The van der Waals surface area contributed by atoms with E-state index in [1.807, 2.05) is 0 Å². The van der Waals surface area contributed by atoms with Gasteiger partial charge in [-0.3, -0.25) is 9.59 Å². The van der Waals surface area contributed by atoms with Crippen molar-refractivity contribution in [3.05, 3.63) is 24.3 Å². The highest BCUT2D eigenvalue weighted by Crippen LogP contribution is 2.26. The highest BCUT2D eigenvalue weighted by molar-refractivity contribution is 9.10. The first-order valence-corrected chi connectivity index (χ1v) is 5.88. The molecule has 1 amide bonds. The standard InChI is InChI=1S/C11H9BrF3NO3/c1-19-7-5-3-2-4-6(7)16-10(18)8(12)9(17)11(13,14)15/h2-5,8H,1H3,(H,16,18)/t8-/m1/s1. The highest BCUT2D eigenvalue weighted by Gasteiger charge is 2.45. The number of ether oxygens (including phenoxy) is 1. The summed E-state index contributed by atoms with van der Waals surface area (Å²) in [6.07, 6.45) is -5.08. The maximum absolute atomic E-state index is 12.2. The van der Waals surface area contributed by atoms with Crippen LogP contribution in [0.15, 0.2) is 24.3 Å². The second kappa shape index (κ2) is 6.05. The first kappa shape index (κ1) is 15.5. The van der Waals surface area contributed by atoms with Gasteiger partial charge in [0.2, 0.25) is 5.91 Å². The Labute approximate surface area is 115 Å². The number of benzene rings is 1. The molecular weight excluding hydrogens is 331 g/mol. The number of nitrogens with one attached hydrogen (secondary N) is 1. The van der Waals surface area contributed by atoms with Crippen molar-refractivity contribution in [2.24, 2.45) is 0 Å². The number of halogens is 4. The Kier molecular flexibility index (Phi) is 4.93. The fraction of sp³-hybridized carbons (Fsp3) is 0.273. The third-order valence-electron chi connectivity index (χ3n) is 2.10. The van der Waals surface area contributed by atoms with E-state index in [-0.39, 0.29) is 11.4 Å². The monoisotopic (exact) mass is 339 g/mol. The molecule has 0 saturated heterocycles. The van der Waals surface area contributed by atoms with Crippen molar-refractivity contribution in [1.82, 2.24) is 0 Å². The summed E-state index contributed by atoms with van der Waals surface area (Å²) in [4.78, 5) is 20.4. The summed E-state index contributed by atoms with van der Waals surface area (Å²) in [6, 6.07) is 6.15. The molecule has 0 fully saturated rings. The largest absolute Gasteiger partial charge is 0.495 e. The van der Waals surface area contributed by atoms with E-state index in [2.05, 4.69) is 21.2 Å². The van der Waals surface area contributed by atoms with Gasteiger partial charge in [0.05, 0.1) is 12.8 Å². The predicted molar refractivity (Wildman–Crippen MR) is 65.4 cm³/mol. The van der Waals surface area contributed by atoms with Gasteiger partial charge in [0, 0.05) is 0 Å². The van der Waals surface area contributed by atoms with E-state index in [1.54, 1.807) is 12.1 Å². The van der Waals surface area contributed by atoms with Gasteiger partial charge in [0.15, 0.2) is 4.83 Å². The number of methoxy groups -OCH3 is 1. The van der Waals surface area contributed by atoms with E-state index in [1.165, 1.54) is 19.2 Å². The van der Waals surface area contributed by atoms with E-state index in [0.717, 1.165) is 0 Å². The summed E-state index contributed by atoms with van der Waals surface area (Å²) >= 11 is 2.43. The van der Waals surface area contributed by atoms with Crippen LogP contribution in [-0.4, -0.2) is 29.8 Å². The number of rotatable bonds is 4. The van der Waals surface area contributed by atoms with Gasteiger partial charge in [-0.15, -0.1) is 0 Å². The Morgan fingerprint density at radius 2 is 1.89 bits per heavy atom. The molecule has 0 aliphatic rings. The molecule has 1 aromatic carbocycles. The Morgan fingerprint density at radius 3 is 2.42 bits per heavy atom. The summed E-state index contributed by atoms with van der Waals surface area (Å²) in [5.74, 6) is -3.01. The molecule has 8 heteroatoms. The van der Waals surface area contributed by atoms with Crippen LogP contribution in [0.2, 0.25) is 0 Å². The first-order chi connectivity index (χ1) is 8.77. The predicted octanol–water partition coefficient (Wildman–Crippen LogP) is 2.53. The second-order valence-corrected chi connectivity index (χ2v) is 4.33. The molecule has 1 atom stereocenters. The Balaban J connectivity index is 2.83. The van der Waals surface area contributed by atoms with Crippen LogP contribution in [0.1, 0.15) is 0 Å². The van der Waals surface area contributed by atoms with Crippen LogP contribution in [0.3, 0.4) is 0 Å². The van der Waals surface area contributed by atoms with Crippen LogP contribution < -0.4 is 10.1 Å². The molecule has 19 heavy (non-hydrogen) atoms. The molecule has 0 heterocycles. The third-order valence-corrected chi connectivity index (χ3v) is 2.94. The zero-order chi connectivity index (χ0) is 14.6. The lowest BCUT2D eigenvalue weighted by molar-refractivity contribution is -0.170. The number of carbonyl (C=O) groups is 2. The van der Waals surface area contributed by atoms with Crippen LogP contribution in [0.5, 0.6) is 5.75 Å². The minimum atomic E-state index is -5.08. The van der Waals surface area contributed by atoms with Gasteiger partial charge in [0.25, 0.3) is 5.78 Å². The van der Waals surface area contributed by atoms with E-state index in [0.29, 0.717) is 0 Å². The van der Waals surface area contributed by atoms with E-state index in [4.69, 9.17) is 4.74 Å². The fourth-order valence-corrected chi connectivity index (χ4v) is 1.58. The zero-order valence-electron chi connectivity index (χ0n) is 9.62. The normalized spacial score (nSPS) is 12.7. The van der Waals surface area contributed by atoms with Gasteiger partial charge in [-0.25, -0.2) is 0 Å². The first-order valence-electron chi connectivity index (χ1n) is 4.96. The van der Waals surface area contributed by atoms with Crippen LogP contribution >= 0.6 is 15.9 Å². The molecular formula is C11H9BrF3NO3. The average molecular weight is 340 g/mol. The van der Waals surface area contributed by atoms with Gasteiger partial charge in [-0.2, -0.15) is 13.2 Å². The molecule has 0 radical (unpaired) electrons. The second-order valence-electron chi connectivity index (χ2n) is 3.41. The Hall–Kier alpha value is -1.57. The summed E-state index contributed by atoms with van der Waals surface area (Å²) < 4.78 is 41.4. The topological polar surface area (TPSA) is 55.4 Å². The molecule has 1 aromatic rings. The van der Waals surface area contributed by atoms with Crippen molar-refractivity contribution >= 4 is 33.3 Å². The van der Waals surface area contributed by atoms with Crippen molar-refractivity contribution in [1.29, 1.82) is 0 Å². The van der Waals surface area contributed by atoms with Crippen LogP contribution in [0, 0.1) is 0 Å². The van der Waals surface area contributed by atoms with E-state index in [9.17, 15) is 22.8 Å². The van der Waals surface area contributed by atoms with Crippen LogP contribution in [0.25, 0.3) is 0 Å². The van der Waals surface area contributed by atoms with Crippen molar-refractivity contribution in [3.63, 3.8) is 0 Å². The molecule has 0 aliphatic carbocycles. The van der Waals surface area contributed by atoms with Crippen molar-refractivity contribution < 1.29 is 27.5 Å². The Bertz CT molecular complexity index is 490. The van der Waals surface area contributed by atoms with Gasteiger partial charge in [-0.05, 0) is 12.1 Å². The quantitative estimate of drug-likeness (QED) is 0.677. The Morgan fingerprint density at radius 1 is 1.32 bits per heavy atom. The lowest BCUT2D eigenvalue weighted by Gasteiger charge is -2.13. The van der Waals surface area contributed by atoms with E-state index >= 15 is 0 Å². The fourth-order valence-electron chi connectivity index (χ4n) is 1.21. The summed E-state index contributed by atoms with van der Waals surface area (Å²) in [7, 11) is 1.34. The molecule has 104 valence electrons. The molecule has 0 unspecified atom stereocenters. The molecule has 0 saturated carbocycles. The van der Waals surface area contributed by atoms with Gasteiger partial charge in [0.1, 0.15) is 5.75 Å². The SMILES string of the molecule is COc1ccccc1NC(=O)[C@H](Br)C(=O)C(F)(F)F. The van der Waals surface area contributed by atoms with E-state index < -0.39 is 22.7 Å². The third kappa shape index (κ3) is 3.95. The number of hydrogen-bond donors (Lipinski definition) is 1. The summed E-state index contributed by atoms with van der Waals surface area (Å²) in [6.45, 7) is 0. The van der Waals surface area contributed by atoms with Crippen LogP contribution in [0.4, 0.5) is 18.9 Å². The van der Waals surface area contributed by atoms with Crippen molar-refractivity contribution in [2.75, 3.05) is 12.4 Å². The zero-order valence-corrected chi connectivity index (χ0v) is 11.2. The summed E-state index contributed by atoms with van der Waals surface area (Å²) in [5.41, 5.74) is 0.175. The minimum Gasteiger partial charge on any atom is -0.495 e. The number of para-hydroxylation sites is 2. The number of carbonyl (C=O) groups excluding carboxylic acids is 2. The van der Waals surface area contributed by atoms with Crippen molar-refractivity contribution in [2.45, 2.75) is 11.0 Å². The number of amides is 1. The minimum absolute atomic E-state index is 0.175. The maximum Gasteiger partial charge on any atom is 0.451 e. The van der Waals surface area contributed by atoms with Gasteiger partial charge >= 0.3 is 6.18 Å². The number of alkyl halides is 4. The number of hydrogen-bond acceptors (Lipinski definition) is 3. The number of Topliss-reactive ketones (excluding diaryl/α,β-unsaturated/α-hetero) is 1. The lowest BCUT2D eigenvalue weighted by atomic mass is 10.2. The molecule has 4 nitrogen and oxygen atoms in total. The van der Waals surface area contributed by atoms with Gasteiger partial charge < -0.3 is 10.1 Å². The molecule has 0 aromatic heterocycles. The molecule has 0 aliphatic heterocycles. The molecule has 1 N–H and O–H groups in total. The lowest BCUT2D eigenvalue weighted by Crippen LogP contribution is -2.38. The molecule has 1 rings (SSSR count). The molecule has 0 spiro atoms. The maximum atomic E-state index is 12.2. The van der Waals surface area contributed by atoms with Crippen LogP contribution in [-0.2, 0) is 9.59 Å².